The molecule has 1 aliphatic heterocycles. The lowest BCUT2D eigenvalue weighted by molar-refractivity contribution is 0.109. The maximum Gasteiger partial charge on any atom is 0.213 e. The fourth-order valence-electron chi connectivity index (χ4n) is 1.51. The molecule has 0 aliphatic carbocycles. The van der Waals surface area contributed by atoms with Gasteiger partial charge in [-0.2, -0.15) is 0 Å². The smallest absolute Gasteiger partial charge is 0.213 e. The molecule has 0 aromatic rings. The van der Waals surface area contributed by atoms with E-state index in [1.54, 1.807) is 6.92 Å². The quantitative estimate of drug-likeness (QED) is 0.647. The summed E-state index contributed by atoms with van der Waals surface area (Å²) in [6, 6.07) is 0. The lowest BCUT2D eigenvalue weighted by atomic mass is 9.97. The molecule has 0 radical (unpaired) electrons. The zero-order valence-corrected chi connectivity index (χ0v) is 8.16. The van der Waals surface area contributed by atoms with E-state index in [-0.39, 0.29) is 11.6 Å². The third-order valence-electron chi connectivity index (χ3n) is 1.88. The molecule has 0 saturated carbocycles. The van der Waals surface area contributed by atoms with Gasteiger partial charge in [0.15, 0.2) is 0 Å². The molecule has 0 aromatic heterocycles. The Morgan fingerprint density at radius 1 is 1.67 bits per heavy atom. The summed E-state index contributed by atoms with van der Waals surface area (Å²) in [6.45, 7) is 7.77. The lowest BCUT2D eigenvalue weighted by Gasteiger charge is -2.32. The van der Waals surface area contributed by atoms with Crippen molar-refractivity contribution in [2.75, 3.05) is 0 Å². The molecule has 0 fully saturated rings. The van der Waals surface area contributed by atoms with Crippen LogP contribution in [0, 0.1) is 0 Å². The van der Waals surface area contributed by atoms with Crippen molar-refractivity contribution in [2.45, 2.75) is 51.9 Å². The fraction of sp³-hybridized carbons (Fsp3) is 0.889. The molecule has 0 aromatic carbocycles. The fourth-order valence-corrected chi connectivity index (χ4v) is 1.51. The first-order valence-electron chi connectivity index (χ1n) is 4.35. The number of aliphatic hydroxyl groups is 1. The van der Waals surface area contributed by atoms with Crippen molar-refractivity contribution in [3.63, 3.8) is 0 Å². The normalized spacial score (nSPS) is 30.4. The van der Waals surface area contributed by atoms with Crippen molar-refractivity contribution in [1.82, 2.24) is 0 Å². The Hall–Kier alpha value is -0.570. The highest BCUT2D eigenvalue weighted by Crippen LogP contribution is 2.24. The monoisotopic (exact) mass is 171 g/mol. The number of hydrogen-bond donors (Lipinski definition) is 1. The van der Waals surface area contributed by atoms with Gasteiger partial charge in [-0.3, -0.25) is 0 Å². The van der Waals surface area contributed by atoms with Gasteiger partial charge in [0.2, 0.25) is 5.90 Å². The Morgan fingerprint density at radius 3 is 2.67 bits per heavy atom. The number of aliphatic hydroxyl groups excluding tert-OH is 1. The van der Waals surface area contributed by atoms with Crippen molar-refractivity contribution >= 4 is 5.90 Å². The first-order chi connectivity index (χ1) is 5.41. The van der Waals surface area contributed by atoms with Crippen molar-refractivity contribution in [1.29, 1.82) is 0 Å². The molecule has 0 saturated heterocycles. The van der Waals surface area contributed by atoms with Crippen LogP contribution in [0.25, 0.3) is 0 Å². The van der Waals surface area contributed by atoms with E-state index in [0.717, 1.165) is 6.42 Å². The molecular formula is C9H17NO2. The van der Waals surface area contributed by atoms with E-state index in [9.17, 15) is 5.11 Å². The summed E-state index contributed by atoms with van der Waals surface area (Å²) in [4.78, 5) is 4.31. The predicted molar refractivity (Wildman–Crippen MR) is 48.4 cm³/mol. The minimum atomic E-state index is -0.591. The Bertz CT molecular complexity index is 197. The lowest BCUT2D eigenvalue weighted by Crippen LogP contribution is -2.37. The number of ether oxygens (including phenoxy) is 1. The van der Waals surface area contributed by atoms with Crippen molar-refractivity contribution in [2.24, 2.45) is 4.99 Å². The number of aliphatic imine (C=N–C) groups is 1. The van der Waals surface area contributed by atoms with Crippen LogP contribution >= 0.6 is 0 Å². The van der Waals surface area contributed by atoms with E-state index in [0.29, 0.717) is 5.90 Å². The van der Waals surface area contributed by atoms with Gasteiger partial charge in [-0.15, -0.1) is 0 Å². The van der Waals surface area contributed by atoms with Gasteiger partial charge in [-0.25, -0.2) is 4.99 Å². The Labute approximate surface area is 73.5 Å². The summed E-state index contributed by atoms with van der Waals surface area (Å²) >= 11 is 0. The largest absolute Gasteiger partial charge is 0.476 e. The van der Waals surface area contributed by atoms with Gasteiger partial charge >= 0.3 is 0 Å². The van der Waals surface area contributed by atoms with E-state index in [2.05, 4.69) is 18.8 Å². The molecule has 12 heavy (non-hydrogen) atoms. The van der Waals surface area contributed by atoms with Crippen molar-refractivity contribution in [3.05, 3.63) is 0 Å². The molecule has 2 unspecified atom stereocenters. The molecular weight excluding hydrogens is 154 g/mol. The van der Waals surface area contributed by atoms with Gasteiger partial charge in [0.05, 0.1) is 11.6 Å². The molecule has 1 aliphatic rings. The van der Waals surface area contributed by atoms with Gasteiger partial charge in [-0.05, 0) is 27.7 Å². The minimum Gasteiger partial charge on any atom is -0.476 e. The zero-order chi connectivity index (χ0) is 9.35. The molecule has 2 atom stereocenters. The van der Waals surface area contributed by atoms with Crippen molar-refractivity contribution < 1.29 is 9.84 Å². The van der Waals surface area contributed by atoms with E-state index in [1.807, 2.05) is 6.92 Å². The highest BCUT2D eigenvalue weighted by molar-refractivity contribution is 5.81. The Morgan fingerprint density at radius 2 is 2.25 bits per heavy atom. The number of rotatable bonds is 1. The average molecular weight is 171 g/mol. The number of hydrogen-bond acceptors (Lipinski definition) is 3. The second kappa shape index (κ2) is 3.05. The molecule has 1 N–H and O–H groups in total. The summed E-state index contributed by atoms with van der Waals surface area (Å²) in [5.74, 6) is 0.471. The van der Waals surface area contributed by atoms with Crippen LogP contribution in [0.1, 0.15) is 34.1 Å². The second-order valence-electron chi connectivity index (χ2n) is 4.07. The van der Waals surface area contributed by atoms with Gasteiger partial charge < -0.3 is 9.84 Å². The zero-order valence-electron chi connectivity index (χ0n) is 8.16. The highest BCUT2D eigenvalue weighted by atomic mass is 16.5. The molecule has 3 nitrogen and oxygen atoms in total. The summed E-state index contributed by atoms with van der Waals surface area (Å²) < 4.78 is 5.38. The first kappa shape index (κ1) is 9.52. The van der Waals surface area contributed by atoms with Gasteiger partial charge in [0.1, 0.15) is 6.10 Å². The Balaban J connectivity index is 2.80. The maximum atomic E-state index is 9.27. The third-order valence-corrected chi connectivity index (χ3v) is 1.88. The SMILES string of the molecule is CC1CC(C)(C)N=C(C(C)O)O1. The van der Waals surface area contributed by atoms with E-state index in [4.69, 9.17) is 4.74 Å². The third kappa shape index (κ3) is 2.21. The molecule has 1 rings (SSSR count). The van der Waals surface area contributed by atoms with E-state index < -0.39 is 6.10 Å². The van der Waals surface area contributed by atoms with Gasteiger partial charge in [0, 0.05) is 6.42 Å². The second-order valence-corrected chi connectivity index (χ2v) is 4.07. The molecule has 70 valence electrons. The minimum absolute atomic E-state index is 0.0933. The van der Waals surface area contributed by atoms with Crippen LogP contribution in [0.2, 0.25) is 0 Å². The molecule has 1 heterocycles. The van der Waals surface area contributed by atoms with E-state index in [1.165, 1.54) is 0 Å². The topological polar surface area (TPSA) is 41.8 Å². The molecule has 0 amide bonds. The molecule has 0 spiro atoms. The van der Waals surface area contributed by atoms with Crippen LogP contribution in [-0.4, -0.2) is 28.8 Å². The van der Waals surface area contributed by atoms with Crippen LogP contribution in [0.15, 0.2) is 4.99 Å². The van der Waals surface area contributed by atoms with Crippen LogP contribution < -0.4 is 0 Å². The summed E-state index contributed by atoms with van der Waals surface area (Å²) in [5.41, 5.74) is -0.0933. The van der Waals surface area contributed by atoms with Crippen LogP contribution in [0.5, 0.6) is 0 Å². The first-order valence-corrected chi connectivity index (χ1v) is 4.35. The maximum absolute atomic E-state index is 9.27. The van der Waals surface area contributed by atoms with Crippen LogP contribution in [0.4, 0.5) is 0 Å². The van der Waals surface area contributed by atoms with Crippen LogP contribution in [0.3, 0.4) is 0 Å². The predicted octanol–water partition coefficient (Wildman–Crippen LogP) is 1.35. The standard InChI is InChI=1S/C9H17NO2/c1-6-5-9(3,4)10-8(12-6)7(2)11/h6-7,11H,5H2,1-4H3. The summed E-state index contributed by atoms with van der Waals surface area (Å²) in [6.07, 6.45) is 0.470. The molecule has 3 heteroatoms. The highest BCUT2D eigenvalue weighted by Gasteiger charge is 2.29. The van der Waals surface area contributed by atoms with Crippen molar-refractivity contribution in [3.8, 4) is 0 Å². The summed E-state index contributed by atoms with van der Waals surface area (Å²) in [7, 11) is 0. The van der Waals surface area contributed by atoms with Gasteiger partial charge in [0.25, 0.3) is 0 Å². The Kier molecular flexibility index (Phi) is 2.42. The van der Waals surface area contributed by atoms with E-state index >= 15 is 0 Å². The summed E-state index contributed by atoms with van der Waals surface area (Å²) in [5, 5.41) is 9.27. The number of nitrogens with zero attached hydrogens (tertiary/aromatic N) is 1. The van der Waals surface area contributed by atoms with Crippen LogP contribution in [-0.2, 0) is 4.74 Å². The average Bonchev–Trinajstić information content (AvgIpc) is 1.82. The van der Waals surface area contributed by atoms with Gasteiger partial charge in [-0.1, -0.05) is 0 Å². The molecule has 0 bridgehead atoms.